The van der Waals surface area contributed by atoms with Crippen molar-refractivity contribution in [3.63, 3.8) is 0 Å². The lowest BCUT2D eigenvalue weighted by atomic mass is 9.91. The second-order valence-electron chi connectivity index (χ2n) is 5.46. The van der Waals surface area contributed by atoms with E-state index >= 15 is 0 Å². The van der Waals surface area contributed by atoms with Crippen molar-refractivity contribution in [1.82, 2.24) is 0 Å². The first kappa shape index (κ1) is 16.2. The van der Waals surface area contributed by atoms with Crippen molar-refractivity contribution in [2.75, 3.05) is 0 Å². The Morgan fingerprint density at radius 3 is 2.65 bits per heavy atom. The minimum absolute atomic E-state index is 0.202. The highest BCUT2D eigenvalue weighted by Crippen LogP contribution is 2.23. The summed E-state index contributed by atoms with van der Waals surface area (Å²) >= 11 is 0. The highest BCUT2D eigenvalue weighted by Gasteiger charge is 2.27. The van der Waals surface area contributed by atoms with E-state index in [1.807, 2.05) is 45.9 Å². The van der Waals surface area contributed by atoms with E-state index in [-0.39, 0.29) is 12.6 Å². The van der Waals surface area contributed by atoms with Crippen LogP contribution in [-0.4, -0.2) is 12.3 Å². The summed E-state index contributed by atoms with van der Waals surface area (Å²) in [5, 5.41) is 0. The fraction of sp³-hybridized carbons (Fsp3) is 0.412. The van der Waals surface area contributed by atoms with E-state index in [0.29, 0.717) is 0 Å². The normalized spacial score (nSPS) is 11.6. The van der Waals surface area contributed by atoms with Crippen molar-refractivity contribution in [1.29, 1.82) is 0 Å². The van der Waals surface area contributed by atoms with Gasteiger partial charge < -0.3 is 4.74 Å². The molecule has 0 bridgehead atoms. The first-order valence-electron chi connectivity index (χ1n) is 6.80. The molecule has 0 amide bonds. The summed E-state index contributed by atoms with van der Waals surface area (Å²) in [4.78, 5) is 22.4. The molecule has 0 radical (unpaired) electrons. The molecule has 0 N–H and O–H groups in total. The summed E-state index contributed by atoms with van der Waals surface area (Å²) in [6.45, 7) is 7.90. The molecule has 3 nitrogen and oxygen atoms in total. The summed E-state index contributed by atoms with van der Waals surface area (Å²) in [7, 11) is 0. The van der Waals surface area contributed by atoms with Gasteiger partial charge in [0, 0.05) is 0 Å². The number of aldehydes is 1. The number of esters is 1. The molecular weight excluding hydrogens is 252 g/mol. The van der Waals surface area contributed by atoms with E-state index in [1.165, 1.54) is 6.08 Å². The van der Waals surface area contributed by atoms with E-state index in [9.17, 15) is 9.59 Å². The zero-order valence-corrected chi connectivity index (χ0v) is 12.6. The second kappa shape index (κ2) is 7.04. The number of aryl methyl sites for hydroxylation is 1. The molecule has 0 fully saturated rings. The largest absolute Gasteiger partial charge is 0.460 e. The van der Waals surface area contributed by atoms with E-state index < -0.39 is 5.41 Å². The van der Waals surface area contributed by atoms with Crippen LogP contribution in [0.2, 0.25) is 0 Å². The lowest BCUT2D eigenvalue weighted by Gasteiger charge is -2.20. The maximum atomic E-state index is 12.0. The highest BCUT2D eigenvalue weighted by atomic mass is 16.5. The molecule has 0 aliphatic heterocycles. The summed E-state index contributed by atoms with van der Waals surface area (Å²) in [5.74, 6) is -0.202. The fourth-order valence-corrected chi connectivity index (χ4v) is 1.72. The molecule has 0 aliphatic carbocycles. The third-order valence-electron chi connectivity index (χ3n) is 3.55. The molecule has 0 atom stereocenters. The Kier molecular flexibility index (Phi) is 5.68. The Morgan fingerprint density at radius 1 is 1.35 bits per heavy atom. The predicted molar refractivity (Wildman–Crippen MR) is 80.1 cm³/mol. The highest BCUT2D eigenvalue weighted by molar-refractivity contribution is 5.77. The van der Waals surface area contributed by atoms with Crippen molar-refractivity contribution < 1.29 is 14.3 Å². The van der Waals surface area contributed by atoms with E-state index in [0.717, 1.165) is 29.4 Å². The molecule has 0 aromatic heterocycles. The van der Waals surface area contributed by atoms with E-state index in [1.54, 1.807) is 6.08 Å². The summed E-state index contributed by atoms with van der Waals surface area (Å²) in [6, 6.07) is 5.79. The number of carbonyl (C=O) groups excluding carboxylic acids is 2. The van der Waals surface area contributed by atoms with Gasteiger partial charge in [0.15, 0.2) is 0 Å². The van der Waals surface area contributed by atoms with Crippen LogP contribution in [0, 0.1) is 12.3 Å². The second-order valence-corrected chi connectivity index (χ2v) is 5.46. The van der Waals surface area contributed by atoms with Gasteiger partial charge in [-0.15, -0.1) is 0 Å². The molecule has 108 valence electrons. The SMILES string of the molecule is CCC(C)(C)C(=O)OCc1cccc(C)c1C=CC=O. The van der Waals surface area contributed by atoms with Gasteiger partial charge in [0.1, 0.15) is 12.9 Å². The topological polar surface area (TPSA) is 43.4 Å². The van der Waals surface area contributed by atoms with Crippen LogP contribution in [0.1, 0.15) is 43.9 Å². The Labute approximate surface area is 120 Å². The average molecular weight is 274 g/mol. The van der Waals surface area contributed by atoms with Gasteiger partial charge in [0.05, 0.1) is 5.41 Å². The molecule has 1 rings (SSSR count). The first-order valence-corrected chi connectivity index (χ1v) is 6.80. The van der Waals surface area contributed by atoms with Crippen LogP contribution in [-0.2, 0) is 20.9 Å². The Bertz CT molecular complexity index is 513. The standard InChI is InChI=1S/C17H22O3/c1-5-17(3,4)16(19)20-12-14-9-6-8-13(2)15(14)10-7-11-18/h6-11H,5,12H2,1-4H3. The predicted octanol–water partition coefficient (Wildman–Crippen LogP) is 3.69. The number of carbonyl (C=O) groups is 2. The molecular formula is C17H22O3. The van der Waals surface area contributed by atoms with Crippen LogP contribution >= 0.6 is 0 Å². The van der Waals surface area contributed by atoms with Crippen LogP contribution in [0.3, 0.4) is 0 Å². The fourth-order valence-electron chi connectivity index (χ4n) is 1.72. The van der Waals surface area contributed by atoms with Crippen LogP contribution in [0.25, 0.3) is 6.08 Å². The summed E-state index contributed by atoms with van der Waals surface area (Å²) in [6.07, 6.45) is 4.67. The van der Waals surface area contributed by atoms with Crippen LogP contribution in [0.4, 0.5) is 0 Å². The van der Waals surface area contributed by atoms with Gasteiger partial charge >= 0.3 is 5.97 Å². The van der Waals surface area contributed by atoms with Crippen molar-refractivity contribution in [2.24, 2.45) is 5.41 Å². The number of allylic oxidation sites excluding steroid dienone is 1. The van der Waals surface area contributed by atoms with Crippen molar-refractivity contribution in [2.45, 2.75) is 40.7 Å². The minimum atomic E-state index is -0.470. The molecule has 1 aromatic rings. The van der Waals surface area contributed by atoms with Crippen LogP contribution in [0.15, 0.2) is 24.3 Å². The van der Waals surface area contributed by atoms with Crippen molar-refractivity contribution in [3.05, 3.63) is 41.0 Å². The van der Waals surface area contributed by atoms with Gasteiger partial charge in [0.25, 0.3) is 0 Å². The van der Waals surface area contributed by atoms with Crippen molar-refractivity contribution >= 4 is 18.3 Å². The molecule has 0 aliphatic rings. The molecule has 0 spiro atoms. The Balaban J connectivity index is 2.88. The monoisotopic (exact) mass is 274 g/mol. The van der Waals surface area contributed by atoms with Gasteiger partial charge in [0.2, 0.25) is 0 Å². The lowest BCUT2D eigenvalue weighted by molar-refractivity contribution is -0.155. The summed E-state index contributed by atoms with van der Waals surface area (Å²) < 4.78 is 5.40. The Hall–Kier alpha value is -1.90. The van der Waals surface area contributed by atoms with E-state index in [4.69, 9.17) is 4.74 Å². The van der Waals surface area contributed by atoms with E-state index in [2.05, 4.69) is 0 Å². The zero-order chi connectivity index (χ0) is 15.2. The lowest BCUT2D eigenvalue weighted by Crippen LogP contribution is -2.25. The molecule has 20 heavy (non-hydrogen) atoms. The molecule has 0 saturated heterocycles. The van der Waals surface area contributed by atoms with Crippen LogP contribution in [0.5, 0.6) is 0 Å². The zero-order valence-electron chi connectivity index (χ0n) is 12.6. The maximum Gasteiger partial charge on any atom is 0.311 e. The summed E-state index contributed by atoms with van der Waals surface area (Å²) in [5.41, 5.74) is 2.42. The molecule has 0 saturated carbocycles. The maximum absolute atomic E-state index is 12.0. The van der Waals surface area contributed by atoms with Gasteiger partial charge in [-0.2, -0.15) is 0 Å². The molecule has 1 aromatic carbocycles. The van der Waals surface area contributed by atoms with Gasteiger partial charge in [-0.3, -0.25) is 9.59 Å². The number of rotatable bonds is 6. The van der Waals surface area contributed by atoms with Crippen LogP contribution < -0.4 is 0 Å². The van der Waals surface area contributed by atoms with Gasteiger partial charge in [-0.25, -0.2) is 0 Å². The number of ether oxygens (including phenoxy) is 1. The number of hydrogen-bond donors (Lipinski definition) is 0. The molecule has 0 heterocycles. The Morgan fingerprint density at radius 2 is 2.05 bits per heavy atom. The van der Waals surface area contributed by atoms with Crippen molar-refractivity contribution in [3.8, 4) is 0 Å². The minimum Gasteiger partial charge on any atom is -0.460 e. The smallest absolute Gasteiger partial charge is 0.311 e. The molecule has 3 heteroatoms. The quantitative estimate of drug-likeness (QED) is 0.451. The third kappa shape index (κ3) is 4.05. The van der Waals surface area contributed by atoms with Gasteiger partial charge in [-0.1, -0.05) is 31.2 Å². The number of hydrogen-bond acceptors (Lipinski definition) is 3. The average Bonchev–Trinajstić information content (AvgIpc) is 2.43. The number of benzene rings is 1. The van der Waals surface area contributed by atoms with Gasteiger partial charge in [-0.05, 0) is 50.0 Å². The first-order chi connectivity index (χ1) is 9.42. The third-order valence-corrected chi connectivity index (χ3v) is 3.55. The molecule has 0 unspecified atom stereocenters.